The van der Waals surface area contributed by atoms with Crippen molar-refractivity contribution in [2.45, 2.75) is 51.0 Å². The standard InChI is InChI=1S/C24H22F3N5O/c1-14-10-16-11-15(6-9-19(16)31-22(14)28)23(33)32(21-5-3-4-20(21)29-2)13-18-8-7-17(12-30-18)24(25,26)27/h6-12,20-21H,3-5,13H2,1H3,(H2,28,31). The summed E-state index contributed by atoms with van der Waals surface area (Å²) in [4.78, 5) is 27.1. The van der Waals surface area contributed by atoms with Crippen LogP contribution in [0.3, 0.4) is 0 Å². The Kier molecular flexibility index (Phi) is 5.93. The van der Waals surface area contributed by atoms with Crippen molar-refractivity contribution in [3.63, 3.8) is 0 Å². The second kappa shape index (κ2) is 8.70. The van der Waals surface area contributed by atoms with Crippen molar-refractivity contribution in [3.8, 4) is 0 Å². The van der Waals surface area contributed by atoms with Crippen LogP contribution in [0, 0.1) is 13.5 Å². The fourth-order valence-electron chi connectivity index (χ4n) is 4.23. The number of aromatic nitrogens is 2. The molecule has 1 saturated carbocycles. The Labute approximate surface area is 189 Å². The van der Waals surface area contributed by atoms with Crippen molar-refractivity contribution < 1.29 is 18.0 Å². The first-order valence-electron chi connectivity index (χ1n) is 10.5. The first-order chi connectivity index (χ1) is 15.7. The van der Waals surface area contributed by atoms with Gasteiger partial charge in [0.15, 0.2) is 0 Å². The van der Waals surface area contributed by atoms with Gasteiger partial charge in [-0.1, -0.05) is 0 Å². The van der Waals surface area contributed by atoms with E-state index >= 15 is 0 Å². The average molecular weight is 453 g/mol. The number of nitrogens with two attached hydrogens (primary N) is 1. The van der Waals surface area contributed by atoms with Crippen LogP contribution in [0.5, 0.6) is 0 Å². The number of carbonyl (C=O) groups excluding carboxylic acids is 1. The number of nitrogens with zero attached hydrogens (tertiary/aromatic N) is 4. The van der Waals surface area contributed by atoms with Gasteiger partial charge in [-0.2, -0.15) is 13.2 Å². The van der Waals surface area contributed by atoms with Gasteiger partial charge in [0, 0.05) is 23.6 Å². The number of rotatable bonds is 4. The van der Waals surface area contributed by atoms with Gasteiger partial charge in [0.2, 0.25) is 6.04 Å². The number of benzene rings is 1. The maximum atomic E-state index is 13.6. The molecular formula is C24H22F3N5O. The molecular weight excluding hydrogens is 431 g/mol. The molecule has 3 aromatic rings. The van der Waals surface area contributed by atoms with Crippen LogP contribution in [0.1, 0.15) is 46.4 Å². The predicted molar refractivity (Wildman–Crippen MR) is 118 cm³/mol. The highest BCUT2D eigenvalue weighted by molar-refractivity contribution is 5.98. The molecule has 2 aromatic heterocycles. The molecule has 1 aliphatic rings. The summed E-state index contributed by atoms with van der Waals surface area (Å²) in [6, 6.07) is 8.51. The minimum Gasteiger partial charge on any atom is -0.383 e. The Morgan fingerprint density at radius 1 is 1.24 bits per heavy atom. The van der Waals surface area contributed by atoms with Gasteiger partial charge in [-0.3, -0.25) is 9.78 Å². The van der Waals surface area contributed by atoms with Crippen molar-refractivity contribution >= 4 is 22.6 Å². The van der Waals surface area contributed by atoms with E-state index in [1.54, 1.807) is 23.1 Å². The lowest BCUT2D eigenvalue weighted by molar-refractivity contribution is -0.137. The van der Waals surface area contributed by atoms with Crippen LogP contribution < -0.4 is 5.73 Å². The molecule has 33 heavy (non-hydrogen) atoms. The third kappa shape index (κ3) is 4.60. The monoisotopic (exact) mass is 453 g/mol. The molecule has 2 atom stereocenters. The molecule has 6 nitrogen and oxygen atoms in total. The summed E-state index contributed by atoms with van der Waals surface area (Å²) in [5.74, 6) is 0.121. The summed E-state index contributed by atoms with van der Waals surface area (Å²) in [6.07, 6.45) is -1.57. The Morgan fingerprint density at radius 2 is 2.03 bits per heavy atom. The van der Waals surface area contributed by atoms with Crippen molar-refractivity contribution in [2.75, 3.05) is 5.73 Å². The number of amides is 1. The topological polar surface area (TPSA) is 76.5 Å². The van der Waals surface area contributed by atoms with Gasteiger partial charge in [-0.15, -0.1) is 0 Å². The van der Waals surface area contributed by atoms with Crippen molar-refractivity contribution in [1.82, 2.24) is 14.9 Å². The summed E-state index contributed by atoms with van der Waals surface area (Å²) < 4.78 is 38.7. The molecule has 2 unspecified atom stereocenters. The zero-order valence-corrected chi connectivity index (χ0v) is 17.9. The third-order valence-electron chi connectivity index (χ3n) is 6.05. The summed E-state index contributed by atoms with van der Waals surface area (Å²) in [6.45, 7) is 9.37. The molecule has 1 aromatic carbocycles. The van der Waals surface area contributed by atoms with Gasteiger partial charge < -0.3 is 15.5 Å². The zero-order valence-electron chi connectivity index (χ0n) is 17.9. The van der Waals surface area contributed by atoms with Crippen LogP contribution in [-0.2, 0) is 12.7 Å². The zero-order chi connectivity index (χ0) is 23.8. The fourth-order valence-corrected chi connectivity index (χ4v) is 4.23. The SMILES string of the molecule is [C-]#[N+]C1CCCC1N(Cc1ccc(C(F)(F)F)cn1)C(=O)c1ccc2nc(N)c(C)cc2c1. The third-order valence-corrected chi connectivity index (χ3v) is 6.05. The molecule has 1 aliphatic carbocycles. The average Bonchev–Trinajstić information content (AvgIpc) is 3.26. The highest BCUT2D eigenvalue weighted by Gasteiger charge is 2.39. The number of fused-ring (bicyclic) bond motifs is 1. The van der Waals surface area contributed by atoms with Crippen LogP contribution in [-0.4, -0.2) is 32.9 Å². The minimum absolute atomic E-state index is 0.0186. The van der Waals surface area contributed by atoms with E-state index in [1.807, 2.05) is 13.0 Å². The Hall–Kier alpha value is -3.67. The smallest absolute Gasteiger partial charge is 0.383 e. The number of anilines is 1. The Morgan fingerprint density at radius 3 is 2.70 bits per heavy atom. The number of hydrogen-bond acceptors (Lipinski definition) is 4. The maximum absolute atomic E-state index is 13.6. The van der Waals surface area contributed by atoms with Gasteiger partial charge in [0.25, 0.3) is 5.91 Å². The van der Waals surface area contributed by atoms with Crippen LogP contribution in [0.4, 0.5) is 19.0 Å². The first-order valence-corrected chi connectivity index (χ1v) is 10.5. The quantitative estimate of drug-likeness (QED) is 0.563. The lowest BCUT2D eigenvalue weighted by Crippen LogP contribution is -2.43. The molecule has 0 spiro atoms. The lowest BCUT2D eigenvalue weighted by atomic mass is 10.0. The van der Waals surface area contributed by atoms with Gasteiger partial charge in [-0.05, 0) is 61.7 Å². The van der Waals surface area contributed by atoms with Gasteiger partial charge >= 0.3 is 6.18 Å². The number of alkyl halides is 3. The molecule has 2 N–H and O–H groups in total. The van der Waals surface area contributed by atoms with Crippen LogP contribution >= 0.6 is 0 Å². The predicted octanol–water partition coefficient (Wildman–Crippen LogP) is 5.02. The van der Waals surface area contributed by atoms with E-state index in [0.717, 1.165) is 29.6 Å². The molecule has 9 heteroatoms. The minimum atomic E-state index is -4.48. The second-order valence-electron chi connectivity index (χ2n) is 8.26. The van der Waals surface area contributed by atoms with E-state index in [4.69, 9.17) is 12.3 Å². The fraction of sp³-hybridized carbons (Fsp3) is 0.333. The molecule has 1 fully saturated rings. The number of nitrogen functional groups attached to an aromatic ring is 1. The molecule has 0 aliphatic heterocycles. The highest BCUT2D eigenvalue weighted by Crippen LogP contribution is 2.31. The summed E-state index contributed by atoms with van der Waals surface area (Å²) in [5.41, 5.74) is 7.23. The van der Waals surface area contributed by atoms with E-state index in [2.05, 4.69) is 14.8 Å². The van der Waals surface area contributed by atoms with Crippen molar-refractivity contribution in [1.29, 1.82) is 0 Å². The first kappa shape index (κ1) is 22.5. The number of halogens is 3. The second-order valence-corrected chi connectivity index (χ2v) is 8.26. The molecule has 0 radical (unpaired) electrons. The van der Waals surface area contributed by atoms with Crippen molar-refractivity contribution in [3.05, 3.63) is 76.4 Å². The van der Waals surface area contributed by atoms with E-state index in [9.17, 15) is 18.0 Å². The van der Waals surface area contributed by atoms with E-state index in [0.29, 0.717) is 35.4 Å². The maximum Gasteiger partial charge on any atom is 0.417 e. The Bertz CT molecular complexity index is 1230. The van der Waals surface area contributed by atoms with E-state index < -0.39 is 11.7 Å². The summed E-state index contributed by atoms with van der Waals surface area (Å²) in [5, 5.41) is 0.758. The molecule has 0 bridgehead atoms. The van der Waals surface area contributed by atoms with Crippen LogP contribution in [0.15, 0.2) is 42.6 Å². The lowest BCUT2D eigenvalue weighted by Gasteiger charge is -2.29. The number of carbonyl (C=O) groups is 1. The number of pyridine rings is 2. The van der Waals surface area contributed by atoms with Crippen molar-refractivity contribution in [2.24, 2.45) is 0 Å². The molecule has 2 heterocycles. The van der Waals surface area contributed by atoms with Crippen LogP contribution in [0.2, 0.25) is 0 Å². The summed E-state index contributed by atoms with van der Waals surface area (Å²) >= 11 is 0. The summed E-state index contributed by atoms with van der Waals surface area (Å²) in [7, 11) is 0. The molecule has 4 rings (SSSR count). The molecule has 1 amide bonds. The van der Waals surface area contributed by atoms with Gasteiger partial charge in [0.1, 0.15) is 11.9 Å². The molecule has 0 saturated heterocycles. The van der Waals surface area contributed by atoms with E-state index in [-0.39, 0.29) is 24.5 Å². The number of aryl methyl sites for hydroxylation is 1. The normalized spacial score (nSPS) is 18.3. The highest BCUT2D eigenvalue weighted by atomic mass is 19.4. The Balaban J connectivity index is 1.69. The van der Waals surface area contributed by atoms with Gasteiger partial charge in [0.05, 0.1) is 23.3 Å². The molecule has 170 valence electrons. The van der Waals surface area contributed by atoms with Gasteiger partial charge in [-0.25, -0.2) is 11.6 Å². The number of hydrogen-bond donors (Lipinski definition) is 1. The largest absolute Gasteiger partial charge is 0.417 e. The van der Waals surface area contributed by atoms with E-state index in [1.165, 1.54) is 6.07 Å². The van der Waals surface area contributed by atoms with Crippen LogP contribution in [0.25, 0.3) is 15.7 Å².